The first-order chi connectivity index (χ1) is 9.10. The number of imide groups is 1. The highest BCUT2D eigenvalue weighted by atomic mass is 16.7. The van der Waals surface area contributed by atoms with Crippen LogP contribution in [0.3, 0.4) is 0 Å². The predicted octanol–water partition coefficient (Wildman–Crippen LogP) is 0.961. The number of rotatable bonds is 4. The van der Waals surface area contributed by atoms with Gasteiger partial charge in [0.05, 0.1) is 12.3 Å². The summed E-state index contributed by atoms with van der Waals surface area (Å²) in [4.78, 5) is 50.6. The molecular formula is C13H19NO6. The van der Waals surface area contributed by atoms with Crippen molar-refractivity contribution in [1.82, 2.24) is 5.06 Å². The Balaban J connectivity index is 2.49. The van der Waals surface area contributed by atoms with E-state index in [0.29, 0.717) is 5.06 Å². The highest BCUT2D eigenvalue weighted by Crippen LogP contribution is 2.16. The number of hydrogen-bond donors (Lipinski definition) is 0. The van der Waals surface area contributed by atoms with E-state index in [2.05, 4.69) is 0 Å². The van der Waals surface area contributed by atoms with Gasteiger partial charge in [0, 0.05) is 12.8 Å². The van der Waals surface area contributed by atoms with Crippen LogP contribution in [0.25, 0.3) is 0 Å². The second-order valence-corrected chi connectivity index (χ2v) is 5.68. The Morgan fingerprint density at radius 2 is 1.70 bits per heavy atom. The van der Waals surface area contributed by atoms with Gasteiger partial charge in [0.25, 0.3) is 11.8 Å². The number of nitrogens with zero attached hydrogens (tertiary/aromatic N) is 1. The maximum atomic E-state index is 11.7. The van der Waals surface area contributed by atoms with Crippen LogP contribution >= 0.6 is 0 Å². The molecule has 0 saturated carbocycles. The molecule has 1 heterocycles. The standard InChI is InChI=1S/C13H19NO6/c1-8(7-11(17)19-13(2,3)4)12(18)20-14-9(15)5-6-10(14)16/h8H,5-7H2,1-4H3/t8-/m0/s1. The predicted molar refractivity (Wildman–Crippen MR) is 66.8 cm³/mol. The van der Waals surface area contributed by atoms with Crippen LogP contribution in [0.2, 0.25) is 0 Å². The van der Waals surface area contributed by atoms with Crippen LogP contribution in [0.15, 0.2) is 0 Å². The first kappa shape index (κ1) is 16.1. The lowest BCUT2D eigenvalue weighted by Crippen LogP contribution is -2.35. The maximum absolute atomic E-state index is 11.7. The molecule has 0 bridgehead atoms. The fraction of sp³-hybridized carbons (Fsp3) is 0.692. The Morgan fingerprint density at radius 3 is 2.15 bits per heavy atom. The maximum Gasteiger partial charge on any atom is 0.336 e. The fourth-order valence-corrected chi connectivity index (χ4v) is 1.55. The summed E-state index contributed by atoms with van der Waals surface area (Å²) >= 11 is 0. The van der Waals surface area contributed by atoms with Crippen LogP contribution < -0.4 is 0 Å². The van der Waals surface area contributed by atoms with E-state index < -0.39 is 35.3 Å². The van der Waals surface area contributed by atoms with Gasteiger partial charge in [-0.15, -0.1) is 5.06 Å². The second-order valence-electron chi connectivity index (χ2n) is 5.68. The smallest absolute Gasteiger partial charge is 0.336 e. The van der Waals surface area contributed by atoms with Gasteiger partial charge < -0.3 is 9.57 Å². The van der Waals surface area contributed by atoms with Crippen molar-refractivity contribution in [3.8, 4) is 0 Å². The molecule has 0 radical (unpaired) electrons. The van der Waals surface area contributed by atoms with Gasteiger partial charge in [0.15, 0.2) is 0 Å². The van der Waals surface area contributed by atoms with Crippen LogP contribution in [0.1, 0.15) is 47.0 Å². The summed E-state index contributed by atoms with van der Waals surface area (Å²) in [6, 6.07) is 0. The zero-order chi connectivity index (χ0) is 15.5. The highest BCUT2D eigenvalue weighted by molar-refractivity contribution is 6.01. The van der Waals surface area contributed by atoms with Crippen molar-refractivity contribution in [3.05, 3.63) is 0 Å². The normalized spacial score (nSPS) is 17.1. The summed E-state index contributed by atoms with van der Waals surface area (Å²) in [5.74, 6) is -3.24. The molecular weight excluding hydrogens is 266 g/mol. The van der Waals surface area contributed by atoms with E-state index >= 15 is 0 Å². The van der Waals surface area contributed by atoms with Gasteiger partial charge >= 0.3 is 11.9 Å². The summed E-state index contributed by atoms with van der Waals surface area (Å²) in [6.07, 6.45) is -0.106. The molecule has 0 aromatic heterocycles. The Kier molecular flexibility index (Phi) is 4.86. The molecule has 7 heteroatoms. The number of hydrogen-bond acceptors (Lipinski definition) is 6. The third-order valence-electron chi connectivity index (χ3n) is 2.48. The van der Waals surface area contributed by atoms with Crippen molar-refractivity contribution in [2.75, 3.05) is 0 Å². The van der Waals surface area contributed by atoms with E-state index in [9.17, 15) is 19.2 Å². The number of ether oxygens (including phenoxy) is 1. The third kappa shape index (κ3) is 4.64. The Labute approximate surface area is 117 Å². The zero-order valence-electron chi connectivity index (χ0n) is 12.1. The van der Waals surface area contributed by atoms with Gasteiger partial charge in [0.1, 0.15) is 5.60 Å². The van der Waals surface area contributed by atoms with Gasteiger partial charge in [-0.2, -0.15) is 0 Å². The molecule has 112 valence electrons. The van der Waals surface area contributed by atoms with Crippen LogP contribution in [0.4, 0.5) is 0 Å². The lowest BCUT2D eigenvalue weighted by atomic mass is 10.1. The first-order valence-electron chi connectivity index (χ1n) is 6.39. The highest BCUT2D eigenvalue weighted by Gasteiger charge is 2.34. The van der Waals surface area contributed by atoms with Crippen molar-refractivity contribution >= 4 is 23.8 Å². The molecule has 0 aliphatic carbocycles. The minimum atomic E-state index is -0.806. The number of carbonyl (C=O) groups excluding carboxylic acids is 4. The fourth-order valence-electron chi connectivity index (χ4n) is 1.55. The molecule has 0 unspecified atom stereocenters. The van der Waals surface area contributed by atoms with Crippen LogP contribution in [0.5, 0.6) is 0 Å². The molecule has 1 saturated heterocycles. The number of esters is 1. The SMILES string of the molecule is C[C@@H](CC(=O)OC(C)(C)C)C(=O)ON1C(=O)CCC1=O. The summed E-state index contributed by atoms with van der Waals surface area (Å²) < 4.78 is 5.08. The Hall–Kier alpha value is -1.92. The third-order valence-corrected chi connectivity index (χ3v) is 2.48. The largest absolute Gasteiger partial charge is 0.460 e. The van der Waals surface area contributed by atoms with E-state index in [1.807, 2.05) is 0 Å². The van der Waals surface area contributed by atoms with Crippen LogP contribution in [-0.2, 0) is 28.8 Å². The Bertz CT molecular complexity index is 421. The quantitative estimate of drug-likeness (QED) is 0.564. The van der Waals surface area contributed by atoms with Gasteiger partial charge in [-0.1, -0.05) is 6.92 Å². The van der Waals surface area contributed by atoms with Gasteiger partial charge in [-0.25, -0.2) is 4.79 Å². The lowest BCUT2D eigenvalue weighted by molar-refractivity contribution is -0.200. The van der Waals surface area contributed by atoms with E-state index in [1.54, 1.807) is 20.8 Å². The molecule has 20 heavy (non-hydrogen) atoms. The number of carbonyl (C=O) groups is 4. The van der Waals surface area contributed by atoms with Gasteiger partial charge in [-0.3, -0.25) is 14.4 Å². The van der Waals surface area contributed by atoms with Crippen molar-refractivity contribution in [2.24, 2.45) is 5.92 Å². The average molecular weight is 285 g/mol. The summed E-state index contributed by atoms with van der Waals surface area (Å²) in [5.41, 5.74) is -0.637. The van der Waals surface area contributed by atoms with Gasteiger partial charge in [-0.05, 0) is 20.8 Å². The van der Waals surface area contributed by atoms with E-state index in [1.165, 1.54) is 6.92 Å². The summed E-state index contributed by atoms with van der Waals surface area (Å²) in [5, 5.41) is 0.466. The molecule has 1 aliphatic rings. The minimum absolute atomic E-state index is 0.0343. The zero-order valence-corrected chi connectivity index (χ0v) is 12.1. The first-order valence-corrected chi connectivity index (χ1v) is 6.39. The van der Waals surface area contributed by atoms with Crippen molar-refractivity contribution < 1.29 is 28.8 Å². The van der Waals surface area contributed by atoms with Crippen molar-refractivity contribution in [2.45, 2.75) is 52.6 Å². The van der Waals surface area contributed by atoms with Crippen molar-refractivity contribution in [3.63, 3.8) is 0 Å². The molecule has 0 spiro atoms. The molecule has 1 aliphatic heterocycles. The molecule has 1 atom stereocenters. The number of hydroxylamine groups is 2. The van der Waals surface area contributed by atoms with E-state index in [4.69, 9.17) is 9.57 Å². The summed E-state index contributed by atoms with van der Waals surface area (Å²) in [6.45, 7) is 6.62. The molecule has 2 amide bonds. The molecule has 1 fully saturated rings. The monoisotopic (exact) mass is 285 g/mol. The lowest BCUT2D eigenvalue weighted by Gasteiger charge is -2.21. The average Bonchev–Trinajstić information content (AvgIpc) is 2.57. The molecule has 0 aromatic carbocycles. The Morgan fingerprint density at radius 1 is 1.20 bits per heavy atom. The number of amides is 2. The second kappa shape index (κ2) is 6.02. The van der Waals surface area contributed by atoms with Crippen LogP contribution in [0, 0.1) is 5.92 Å². The van der Waals surface area contributed by atoms with Crippen LogP contribution in [-0.4, -0.2) is 34.4 Å². The minimum Gasteiger partial charge on any atom is -0.460 e. The molecule has 1 rings (SSSR count). The molecule has 0 N–H and O–H groups in total. The van der Waals surface area contributed by atoms with E-state index in [0.717, 1.165) is 0 Å². The summed E-state index contributed by atoms with van der Waals surface area (Å²) in [7, 11) is 0. The topological polar surface area (TPSA) is 90.0 Å². The van der Waals surface area contributed by atoms with Crippen molar-refractivity contribution in [1.29, 1.82) is 0 Å². The van der Waals surface area contributed by atoms with E-state index in [-0.39, 0.29) is 19.3 Å². The molecule has 0 aromatic rings. The molecule has 7 nitrogen and oxygen atoms in total. The van der Waals surface area contributed by atoms with Gasteiger partial charge in [0.2, 0.25) is 0 Å².